The molecule has 2 aromatic rings. The largest absolute Gasteiger partial charge is 0.491 e. The van der Waals surface area contributed by atoms with Crippen LogP contribution < -0.4 is 10.5 Å². The molecule has 2 rings (SSSR count). The quantitative estimate of drug-likeness (QED) is 0.881. The van der Waals surface area contributed by atoms with E-state index in [4.69, 9.17) is 10.5 Å². The van der Waals surface area contributed by atoms with Crippen molar-refractivity contribution < 1.29 is 4.74 Å². The summed E-state index contributed by atoms with van der Waals surface area (Å²) in [6.45, 7) is 3.94. The van der Waals surface area contributed by atoms with Gasteiger partial charge < -0.3 is 10.5 Å². The van der Waals surface area contributed by atoms with Gasteiger partial charge in [-0.25, -0.2) is 0 Å². The van der Waals surface area contributed by atoms with Crippen LogP contribution in [0.25, 0.3) is 11.5 Å². The van der Waals surface area contributed by atoms with Gasteiger partial charge in [-0.3, -0.25) is 4.98 Å². The summed E-state index contributed by atoms with van der Waals surface area (Å²) in [4.78, 5) is 8.24. The summed E-state index contributed by atoms with van der Waals surface area (Å²) in [6.07, 6.45) is 1.80. The van der Waals surface area contributed by atoms with Gasteiger partial charge in [0.25, 0.3) is 0 Å². The van der Waals surface area contributed by atoms with Gasteiger partial charge in [0, 0.05) is 23.8 Å². The summed E-state index contributed by atoms with van der Waals surface area (Å²) < 4.78 is 9.65. The molecule has 2 heterocycles. The van der Waals surface area contributed by atoms with E-state index in [1.807, 2.05) is 19.9 Å². The Morgan fingerprint density at radius 2 is 2.25 bits per heavy atom. The van der Waals surface area contributed by atoms with E-state index in [0.29, 0.717) is 16.6 Å². The zero-order valence-corrected chi connectivity index (χ0v) is 9.86. The molecule has 2 aromatic heterocycles. The van der Waals surface area contributed by atoms with Gasteiger partial charge in [0.15, 0.2) is 11.0 Å². The van der Waals surface area contributed by atoms with E-state index in [0.717, 1.165) is 17.3 Å². The molecule has 0 aliphatic heterocycles. The molecule has 84 valence electrons. The molecular formula is C10H12N4OS. The highest BCUT2D eigenvalue weighted by molar-refractivity contribution is 7.09. The Morgan fingerprint density at radius 1 is 1.44 bits per heavy atom. The first-order valence-corrected chi connectivity index (χ1v) is 5.65. The summed E-state index contributed by atoms with van der Waals surface area (Å²) in [6, 6.07) is 3.61. The number of rotatable bonds is 3. The molecule has 0 aromatic carbocycles. The van der Waals surface area contributed by atoms with Crippen molar-refractivity contribution in [2.45, 2.75) is 20.0 Å². The molecule has 0 saturated heterocycles. The Balaban J connectivity index is 2.28. The van der Waals surface area contributed by atoms with Crippen LogP contribution >= 0.6 is 11.5 Å². The van der Waals surface area contributed by atoms with E-state index in [-0.39, 0.29) is 6.10 Å². The Kier molecular flexibility index (Phi) is 3.00. The second kappa shape index (κ2) is 4.44. The lowest BCUT2D eigenvalue weighted by molar-refractivity contribution is 0.242. The lowest BCUT2D eigenvalue weighted by atomic mass is 10.3. The first kappa shape index (κ1) is 10.8. The van der Waals surface area contributed by atoms with E-state index >= 15 is 0 Å². The van der Waals surface area contributed by atoms with Crippen LogP contribution in [0, 0.1) is 0 Å². The number of anilines is 1. The lowest BCUT2D eigenvalue weighted by Crippen LogP contribution is -2.05. The number of nitrogen functional groups attached to an aromatic ring is 1. The van der Waals surface area contributed by atoms with Gasteiger partial charge in [-0.05, 0) is 19.9 Å². The molecule has 0 amide bonds. The topological polar surface area (TPSA) is 73.9 Å². The van der Waals surface area contributed by atoms with Gasteiger partial charge in [0.1, 0.15) is 11.4 Å². The highest BCUT2D eigenvalue weighted by Crippen LogP contribution is 2.21. The van der Waals surface area contributed by atoms with E-state index in [1.165, 1.54) is 0 Å². The van der Waals surface area contributed by atoms with Gasteiger partial charge >= 0.3 is 0 Å². The van der Waals surface area contributed by atoms with Crippen LogP contribution in [-0.4, -0.2) is 20.4 Å². The molecular weight excluding hydrogens is 224 g/mol. The normalized spacial score (nSPS) is 10.7. The standard InChI is InChI=1S/C10H12N4OS/c1-6(2)15-7-3-4-12-8(5-7)9-13-10(11)16-14-9/h3-6H,1-2H3,(H2,11,13,14). The molecule has 0 radical (unpaired) electrons. The van der Waals surface area contributed by atoms with Crippen molar-refractivity contribution in [2.24, 2.45) is 0 Å². The van der Waals surface area contributed by atoms with Crippen molar-refractivity contribution in [3.63, 3.8) is 0 Å². The van der Waals surface area contributed by atoms with Crippen LogP contribution in [0.2, 0.25) is 0 Å². The Bertz CT molecular complexity index is 483. The fraction of sp³-hybridized carbons (Fsp3) is 0.300. The van der Waals surface area contributed by atoms with E-state index in [1.54, 1.807) is 12.3 Å². The number of ether oxygens (including phenoxy) is 1. The molecule has 16 heavy (non-hydrogen) atoms. The zero-order valence-electron chi connectivity index (χ0n) is 9.04. The summed E-state index contributed by atoms with van der Waals surface area (Å²) in [5, 5.41) is 0.437. The number of nitrogens with two attached hydrogens (primary N) is 1. The minimum Gasteiger partial charge on any atom is -0.491 e. The smallest absolute Gasteiger partial charge is 0.200 e. The maximum absolute atomic E-state index is 5.56. The third kappa shape index (κ3) is 2.46. The molecule has 0 aliphatic carbocycles. The minimum atomic E-state index is 0.128. The molecule has 0 bridgehead atoms. The second-order valence-electron chi connectivity index (χ2n) is 3.50. The van der Waals surface area contributed by atoms with Crippen LogP contribution in [-0.2, 0) is 0 Å². The monoisotopic (exact) mass is 236 g/mol. The first-order valence-electron chi connectivity index (χ1n) is 4.87. The van der Waals surface area contributed by atoms with E-state index in [9.17, 15) is 0 Å². The molecule has 0 aliphatic rings. The molecule has 0 saturated carbocycles. The summed E-state index contributed by atoms with van der Waals surface area (Å²) in [5.74, 6) is 1.30. The first-order chi connectivity index (χ1) is 7.65. The van der Waals surface area contributed by atoms with Crippen molar-refractivity contribution in [1.29, 1.82) is 0 Å². The van der Waals surface area contributed by atoms with Crippen molar-refractivity contribution in [2.75, 3.05) is 5.73 Å². The van der Waals surface area contributed by atoms with Gasteiger partial charge in [0.2, 0.25) is 0 Å². The highest BCUT2D eigenvalue weighted by Gasteiger charge is 2.07. The molecule has 5 nitrogen and oxygen atoms in total. The van der Waals surface area contributed by atoms with Crippen molar-refractivity contribution in [3.8, 4) is 17.3 Å². The highest BCUT2D eigenvalue weighted by atomic mass is 32.1. The van der Waals surface area contributed by atoms with Gasteiger partial charge in [-0.15, -0.1) is 0 Å². The van der Waals surface area contributed by atoms with Crippen molar-refractivity contribution in [3.05, 3.63) is 18.3 Å². The van der Waals surface area contributed by atoms with Gasteiger partial charge in [-0.2, -0.15) is 9.36 Å². The van der Waals surface area contributed by atoms with Crippen molar-refractivity contribution in [1.82, 2.24) is 14.3 Å². The average molecular weight is 236 g/mol. The van der Waals surface area contributed by atoms with Crippen LogP contribution in [0.1, 0.15) is 13.8 Å². The molecule has 0 fully saturated rings. The number of hydrogen-bond donors (Lipinski definition) is 1. The summed E-state index contributed by atoms with van der Waals surface area (Å²) in [7, 11) is 0. The number of nitrogens with zero attached hydrogens (tertiary/aromatic N) is 3. The average Bonchev–Trinajstić information content (AvgIpc) is 2.64. The summed E-state index contributed by atoms with van der Waals surface area (Å²) >= 11 is 1.15. The molecule has 6 heteroatoms. The number of hydrogen-bond acceptors (Lipinski definition) is 6. The van der Waals surface area contributed by atoms with Crippen molar-refractivity contribution >= 4 is 16.7 Å². The molecule has 0 unspecified atom stereocenters. The minimum absolute atomic E-state index is 0.128. The molecule has 0 spiro atoms. The fourth-order valence-corrected chi connectivity index (χ4v) is 1.66. The maximum Gasteiger partial charge on any atom is 0.200 e. The predicted molar refractivity (Wildman–Crippen MR) is 63.3 cm³/mol. The molecule has 0 atom stereocenters. The third-order valence-corrected chi connectivity index (χ3v) is 2.32. The maximum atomic E-state index is 5.56. The van der Waals surface area contributed by atoms with Gasteiger partial charge in [-0.1, -0.05) is 0 Å². The molecule has 2 N–H and O–H groups in total. The predicted octanol–water partition coefficient (Wildman–Crippen LogP) is 1.97. The second-order valence-corrected chi connectivity index (χ2v) is 4.28. The Hall–Kier alpha value is -1.69. The van der Waals surface area contributed by atoms with Crippen LogP contribution in [0.4, 0.5) is 5.13 Å². The zero-order chi connectivity index (χ0) is 11.5. The summed E-state index contributed by atoms with van der Waals surface area (Å²) in [5.41, 5.74) is 6.19. The van der Waals surface area contributed by atoms with Crippen LogP contribution in [0.3, 0.4) is 0 Å². The fourth-order valence-electron chi connectivity index (χ4n) is 1.22. The van der Waals surface area contributed by atoms with Gasteiger partial charge in [0.05, 0.1) is 6.10 Å². The van der Waals surface area contributed by atoms with E-state index < -0.39 is 0 Å². The van der Waals surface area contributed by atoms with Crippen LogP contribution in [0.15, 0.2) is 18.3 Å². The third-order valence-electron chi connectivity index (χ3n) is 1.77. The Labute approximate surface area is 97.5 Å². The number of pyridine rings is 1. The number of aromatic nitrogens is 3. The Morgan fingerprint density at radius 3 is 2.88 bits per heavy atom. The SMILES string of the molecule is CC(C)Oc1ccnc(-c2nsc(N)n2)c1. The van der Waals surface area contributed by atoms with E-state index in [2.05, 4.69) is 14.3 Å². The van der Waals surface area contributed by atoms with Crippen LogP contribution in [0.5, 0.6) is 5.75 Å². The lowest BCUT2D eigenvalue weighted by Gasteiger charge is -2.09.